The number of guanidine groups is 1. The molecule has 1 fully saturated rings. The van der Waals surface area contributed by atoms with E-state index < -0.39 is 9.84 Å². The van der Waals surface area contributed by atoms with E-state index in [1.54, 1.807) is 18.4 Å². The molecule has 1 aliphatic heterocycles. The molecule has 0 aliphatic carbocycles. The lowest BCUT2D eigenvalue weighted by atomic mass is 10.2. The highest BCUT2D eigenvalue weighted by molar-refractivity contribution is 7.90. The van der Waals surface area contributed by atoms with Crippen LogP contribution in [0.5, 0.6) is 0 Å². The molecule has 148 valence electrons. The minimum absolute atomic E-state index is 0.0539. The van der Waals surface area contributed by atoms with Crippen LogP contribution in [0.3, 0.4) is 0 Å². The summed E-state index contributed by atoms with van der Waals surface area (Å²) in [6, 6.07) is 4.66. The van der Waals surface area contributed by atoms with Gasteiger partial charge in [-0.1, -0.05) is 6.07 Å². The first-order valence-corrected chi connectivity index (χ1v) is 11.9. The molecule has 0 spiro atoms. The molecular weight excluding hydrogens is 372 g/mol. The van der Waals surface area contributed by atoms with E-state index in [1.807, 2.05) is 0 Å². The number of rotatable bonds is 10. The number of nitrogens with zero attached hydrogens (tertiary/aromatic N) is 2. The Morgan fingerprint density at radius 3 is 2.73 bits per heavy atom. The zero-order valence-corrected chi connectivity index (χ0v) is 17.2. The van der Waals surface area contributed by atoms with Gasteiger partial charge in [0, 0.05) is 31.3 Å². The summed E-state index contributed by atoms with van der Waals surface area (Å²) in [5, 5.41) is 8.73. The smallest absolute Gasteiger partial charge is 0.191 e. The first-order valence-electron chi connectivity index (χ1n) is 8.97. The average molecular weight is 403 g/mol. The highest BCUT2D eigenvalue weighted by Gasteiger charge is 2.24. The third-order valence-electron chi connectivity index (χ3n) is 4.28. The van der Waals surface area contributed by atoms with Crippen molar-refractivity contribution in [2.24, 2.45) is 4.99 Å². The molecule has 0 amide bonds. The average Bonchev–Trinajstić information content (AvgIpc) is 3.29. The summed E-state index contributed by atoms with van der Waals surface area (Å²) in [6.07, 6.45) is 3.74. The third kappa shape index (κ3) is 7.61. The molecule has 1 saturated heterocycles. The first kappa shape index (κ1) is 21.1. The van der Waals surface area contributed by atoms with Crippen molar-refractivity contribution in [1.82, 2.24) is 15.5 Å². The minimum atomic E-state index is -2.97. The van der Waals surface area contributed by atoms with Crippen LogP contribution in [0.4, 0.5) is 0 Å². The van der Waals surface area contributed by atoms with Gasteiger partial charge < -0.3 is 15.4 Å². The minimum Gasteiger partial charge on any atom is -0.379 e. The largest absolute Gasteiger partial charge is 0.379 e. The molecule has 7 nitrogen and oxygen atoms in total. The SMILES string of the molecule is CN=C(NCCOCCS(C)(=O)=O)NCC(c1cccs1)N1CCCC1. The maximum Gasteiger partial charge on any atom is 0.191 e. The fourth-order valence-electron chi connectivity index (χ4n) is 2.91. The summed E-state index contributed by atoms with van der Waals surface area (Å²) in [6.45, 7) is 4.33. The standard InChI is InChI=1S/C17H30N4O3S2/c1-18-17(19-7-10-24-11-13-26(2,22)23)20-14-15(16-6-5-12-25-16)21-8-3-4-9-21/h5-6,12,15H,3-4,7-11,13-14H2,1-2H3,(H2,18,19,20). The van der Waals surface area contributed by atoms with Crippen molar-refractivity contribution in [3.63, 3.8) is 0 Å². The van der Waals surface area contributed by atoms with Crippen molar-refractivity contribution < 1.29 is 13.2 Å². The monoisotopic (exact) mass is 402 g/mol. The van der Waals surface area contributed by atoms with E-state index in [0.29, 0.717) is 19.2 Å². The number of aliphatic imine (C=N–C) groups is 1. The topological polar surface area (TPSA) is 83.0 Å². The van der Waals surface area contributed by atoms with Crippen LogP contribution in [0, 0.1) is 0 Å². The van der Waals surface area contributed by atoms with Gasteiger partial charge in [-0.25, -0.2) is 8.42 Å². The molecule has 2 rings (SSSR count). The lowest BCUT2D eigenvalue weighted by molar-refractivity contribution is 0.154. The van der Waals surface area contributed by atoms with Gasteiger partial charge in [0.05, 0.1) is 25.0 Å². The number of hydrogen-bond donors (Lipinski definition) is 2. The first-order chi connectivity index (χ1) is 12.5. The molecule has 0 radical (unpaired) electrons. The summed E-state index contributed by atoms with van der Waals surface area (Å²) < 4.78 is 27.4. The Labute approximate surface area is 160 Å². The van der Waals surface area contributed by atoms with Gasteiger partial charge in [0.25, 0.3) is 0 Å². The van der Waals surface area contributed by atoms with Gasteiger partial charge in [0.1, 0.15) is 9.84 Å². The van der Waals surface area contributed by atoms with E-state index in [-0.39, 0.29) is 12.4 Å². The second kappa shape index (κ2) is 10.9. The molecule has 26 heavy (non-hydrogen) atoms. The molecule has 1 aromatic heterocycles. The van der Waals surface area contributed by atoms with Crippen LogP contribution in [0.2, 0.25) is 0 Å². The Morgan fingerprint density at radius 2 is 2.12 bits per heavy atom. The van der Waals surface area contributed by atoms with E-state index in [0.717, 1.165) is 25.6 Å². The van der Waals surface area contributed by atoms with Gasteiger partial charge in [0.2, 0.25) is 0 Å². The van der Waals surface area contributed by atoms with Crippen LogP contribution in [-0.4, -0.2) is 77.7 Å². The Balaban J connectivity index is 1.72. The van der Waals surface area contributed by atoms with E-state index in [2.05, 4.69) is 38.0 Å². The van der Waals surface area contributed by atoms with Crippen LogP contribution in [0.1, 0.15) is 23.8 Å². The quantitative estimate of drug-likeness (QED) is 0.347. The molecule has 1 unspecified atom stereocenters. The van der Waals surface area contributed by atoms with Crippen molar-refractivity contribution in [3.8, 4) is 0 Å². The van der Waals surface area contributed by atoms with Crippen molar-refractivity contribution in [3.05, 3.63) is 22.4 Å². The summed E-state index contributed by atoms with van der Waals surface area (Å²) in [5.41, 5.74) is 0. The van der Waals surface area contributed by atoms with Gasteiger partial charge in [-0.2, -0.15) is 0 Å². The van der Waals surface area contributed by atoms with Crippen LogP contribution >= 0.6 is 11.3 Å². The van der Waals surface area contributed by atoms with Crippen molar-refractivity contribution in [1.29, 1.82) is 0 Å². The number of hydrogen-bond acceptors (Lipinski definition) is 6. The summed E-state index contributed by atoms with van der Waals surface area (Å²) >= 11 is 1.79. The predicted molar refractivity (Wildman–Crippen MR) is 108 cm³/mol. The Bertz CT molecular complexity index is 641. The summed E-state index contributed by atoms with van der Waals surface area (Å²) in [4.78, 5) is 8.16. The molecule has 0 aromatic carbocycles. The van der Waals surface area contributed by atoms with Crippen LogP contribution in [0.15, 0.2) is 22.5 Å². The number of ether oxygens (including phenoxy) is 1. The maximum absolute atomic E-state index is 11.0. The molecule has 0 saturated carbocycles. The molecule has 1 aromatic rings. The van der Waals surface area contributed by atoms with Gasteiger partial charge in [-0.15, -0.1) is 11.3 Å². The fraction of sp³-hybridized carbons (Fsp3) is 0.706. The van der Waals surface area contributed by atoms with Crippen LogP contribution in [-0.2, 0) is 14.6 Å². The van der Waals surface area contributed by atoms with Gasteiger partial charge in [-0.3, -0.25) is 9.89 Å². The van der Waals surface area contributed by atoms with Gasteiger partial charge >= 0.3 is 0 Å². The highest BCUT2D eigenvalue weighted by atomic mass is 32.2. The number of sulfone groups is 1. The predicted octanol–water partition coefficient (Wildman–Crippen LogP) is 1.11. The molecule has 9 heteroatoms. The van der Waals surface area contributed by atoms with Crippen molar-refractivity contribution in [2.75, 3.05) is 58.4 Å². The molecule has 2 heterocycles. The van der Waals surface area contributed by atoms with E-state index >= 15 is 0 Å². The number of nitrogens with one attached hydrogen (secondary N) is 2. The Hall–Kier alpha value is -1.16. The third-order valence-corrected chi connectivity index (χ3v) is 6.16. The molecule has 0 bridgehead atoms. The lowest BCUT2D eigenvalue weighted by Crippen LogP contribution is -2.43. The van der Waals surface area contributed by atoms with Crippen LogP contribution < -0.4 is 10.6 Å². The Morgan fingerprint density at radius 1 is 1.35 bits per heavy atom. The fourth-order valence-corrected chi connectivity index (χ4v) is 4.19. The van der Waals surface area contributed by atoms with Crippen LogP contribution in [0.25, 0.3) is 0 Å². The van der Waals surface area contributed by atoms with Gasteiger partial charge in [-0.05, 0) is 37.4 Å². The normalized spacial score (nSPS) is 17.4. The molecular formula is C17H30N4O3S2. The van der Waals surface area contributed by atoms with Crippen molar-refractivity contribution >= 4 is 27.1 Å². The second-order valence-corrected chi connectivity index (χ2v) is 9.64. The number of likely N-dealkylation sites (tertiary alicyclic amines) is 1. The maximum atomic E-state index is 11.0. The lowest BCUT2D eigenvalue weighted by Gasteiger charge is -2.27. The second-order valence-electron chi connectivity index (χ2n) is 6.40. The van der Waals surface area contributed by atoms with Gasteiger partial charge in [0.15, 0.2) is 5.96 Å². The zero-order chi connectivity index (χ0) is 18.8. The Kier molecular flexibility index (Phi) is 8.83. The summed E-state index contributed by atoms with van der Waals surface area (Å²) in [7, 11) is -1.22. The highest BCUT2D eigenvalue weighted by Crippen LogP contribution is 2.27. The van der Waals surface area contributed by atoms with E-state index in [1.165, 1.54) is 24.0 Å². The number of thiophene rings is 1. The molecule has 1 atom stereocenters. The van der Waals surface area contributed by atoms with E-state index in [4.69, 9.17) is 4.74 Å². The molecule has 1 aliphatic rings. The molecule has 2 N–H and O–H groups in total. The zero-order valence-electron chi connectivity index (χ0n) is 15.6. The summed E-state index contributed by atoms with van der Waals surface area (Å²) in [5.74, 6) is 0.788. The van der Waals surface area contributed by atoms with E-state index in [9.17, 15) is 8.42 Å². The van der Waals surface area contributed by atoms with Crippen molar-refractivity contribution in [2.45, 2.75) is 18.9 Å².